The quantitative estimate of drug-likeness (QED) is 0.0204. The zero-order valence-corrected chi connectivity index (χ0v) is 52.1. The van der Waals surface area contributed by atoms with Crippen LogP contribution in [-0.4, -0.2) is 140 Å². The van der Waals surface area contributed by atoms with Gasteiger partial charge in [-0.05, 0) is 83.5 Å². The molecule has 0 aromatic carbocycles. The summed E-state index contributed by atoms with van der Waals surface area (Å²) < 4.78 is 22.8. The summed E-state index contributed by atoms with van der Waals surface area (Å²) in [5, 5.41) is 87.2. The van der Waals surface area contributed by atoms with E-state index in [2.05, 4.69) is 110 Å². The van der Waals surface area contributed by atoms with E-state index >= 15 is 0 Å². The summed E-state index contributed by atoms with van der Waals surface area (Å²) >= 11 is 0. The SMILES string of the molecule is CC/C=C\C/C=C\C/C=C\C/C=C\C/C=C\C/C=C\C/C=C\CCCC(=O)NC(COC1OC(CO)C(OC2OC(CO)C(O)C(O)C2O)C(O)C1O)C(O)/C=C/CC/C=C/CCCCCCCCCCCCCCCCCCCCCCC. The maximum atomic E-state index is 13.3. The minimum absolute atomic E-state index is 0.187. The van der Waals surface area contributed by atoms with Gasteiger partial charge in [-0.15, -0.1) is 0 Å². The number of allylic oxidation sites excluding steroid dienone is 17. The van der Waals surface area contributed by atoms with E-state index in [9.17, 15) is 45.6 Å². The second-order valence-corrected chi connectivity index (χ2v) is 22.9. The van der Waals surface area contributed by atoms with E-state index < -0.39 is 86.8 Å². The lowest BCUT2D eigenvalue weighted by Crippen LogP contribution is -2.65. The van der Waals surface area contributed by atoms with Crippen LogP contribution in [-0.2, 0) is 23.7 Å². The molecule has 2 aliphatic heterocycles. The number of ether oxygens (including phenoxy) is 4. The molecule has 2 rings (SSSR count). The largest absolute Gasteiger partial charge is 0.394 e. The van der Waals surface area contributed by atoms with Gasteiger partial charge in [-0.1, -0.05) is 252 Å². The fraction of sp³-hybridized carbons (Fsp3) is 0.729. The Hall–Kier alpha value is -3.35. The first-order valence-electron chi connectivity index (χ1n) is 33.1. The van der Waals surface area contributed by atoms with E-state index in [1.54, 1.807) is 6.08 Å². The Morgan fingerprint density at radius 1 is 0.440 bits per heavy atom. The number of hydrogen-bond acceptors (Lipinski definition) is 13. The fourth-order valence-corrected chi connectivity index (χ4v) is 10.2. The first-order valence-corrected chi connectivity index (χ1v) is 33.1. The predicted molar refractivity (Wildman–Crippen MR) is 341 cm³/mol. The Morgan fingerprint density at radius 3 is 1.31 bits per heavy atom. The van der Waals surface area contributed by atoms with Gasteiger partial charge in [0.1, 0.15) is 48.8 Å². The number of carbonyl (C=O) groups is 1. The number of unbranched alkanes of at least 4 members (excludes halogenated alkanes) is 23. The van der Waals surface area contributed by atoms with Crippen molar-refractivity contribution in [3.63, 3.8) is 0 Å². The molecule has 0 saturated carbocycles. The van der Waals surface area contributed by atoms with Gasteiger partial charge in [0.2, 0.25) is 5.91 Å². The molecule has 0 aromatic heterocycles. The number of hydrogen-bond donors (Lipinski definition) is 9. The third-order valence-corrected chi connectivity index (χ3v) is 15.4. The molecular weight excluding hydrogens is 1060 g/mol. The van der Waals surface area contributed by atoms with Crippen molar-refractivity contribution >= 4 is 5.91 Å². The Bertz CT molecular complexity index is 1820. The molecule has 12 unspecified atom stereocenters. The molecule has 14 heteroatoms. The van der Waals surface area contributed by atoms with E-state index in [1.165, 1.54) is 135 Å². The predicted octanol–water partition coefficient (Wildman–Crippen LogP) is 12.8. The Kier molecular flexibility index (Phi) is 49.2. The Labute approximate surface area is 508 Å². The first-order chi connectivity index (χ1) is 41.1. The zero-order valence-electron chi connectivity index (χ0n) is 52.1. The van der Waals surface area contributed by atoms with Crippen LogP contribution in [0, 0.1) is 0 Å². The molecule has 0 aromatic rings. The third kappa shape index (κ3) is 38.0. The highest BCUT2D eigenvalue weighted by molar-refractivity contribution is 5.76. The van der Waals surface area contributed by atoms with Crippen molar-refractivity contribution in [2.24, 2.45) is 0 Å². The first kappa shape index (κ1) is 76.7. The summed E-state index contributed by atoms with van der Waals surface area (Å²) in [6, 6.07) is -0.972. The molecule has 2 fully saturated rings. The maximum absolute atomic E-state index is 13.3. The topological polar surface area (TPSA) is 228 Å². The average Bonchev–Trinajstić information content (AvgIpc) is 3.18. The second kappa shape index (κ2) is 53.9. The molecule has 12 atom stereocenters. The number of aliphatic hydroxyl groups is 8. The lowest BCUT2D eigenvalue weighted by molar-refractivity contribution is -0.359. The molecule has 9 N–H and O–H groups in total. The van der Waals surface area contributed by atoms with E-state index in [-0.39, 0.29) is 18.9 Å². The van der Waals surface area contributed by atoms with Crippen LogP contribution in [0.4, 0.5) is 0 Å². The summed E-state index contributed by atoms with van der Waals surface area (Å²) in [5.41, 5.74) is 0. The van der Waals surface area contributed by atoms with Gasteiger partial charge in [-0.25, -0.2) is 0 Å². The van der Waals surface area contributed by atoms with Crippen molar-refractivity contribution in [3.05, 3.63) is 109 Å². The third-order valence-electron chi connectivity index (χ3n) is 15.4. The van der Waals surface area contributed by atoms with Crippen molar-refractivity contribution in [1.82, 2.24) is 5.32 Å². The highest BCUT2D eigenvalue weighted by atomic mass is 16.7. The molecule has 84 heavy (non-hydrogen) atoms. The van der Waals surface area contributed by atoms with Gasteiger partial charge in [0.05, 0.1) is 32.0 Å². The summed E-state index contributed by atoms with van der Waals surface area (Å²) in [4.78, 5) is 13.3. The molecule has 0 bridgehead atoms. The van der Waals surface area contributed by atoms with Crippen LogP contribution in [0.15, 0.2) is 109 Å². The molecule has 2 saturated heterocycles. The Morgan fingerprint density at radius 2 is 0.833 bits per heavy atom. The van der Waals surface area contributed by atoms with Crippen LogP contribution in [0.25, 0.3) is 0 Å². The molecule has 0 spiro atoms. The molecule has 14 nitrogen and oxygen atoms in total. The monoisotopic (exact) mass is 1180 g/mol. The maximum Gasteiger partial charge on any atom is 0.220 e. The minimum Gasteiger partial charge on any atom is -0.394 e. The molecule has 0 radical (unpaired) electrons. The molecule has 2 aliphatic rings. The van der Waals surface area contributed by atoms with Crippen molar-refractivity contribution in [2.45, 2.75) is 306 Å². The average molecular weight is 1180 g/mol. The van der Waals surface area contributed by atoms with Crippen molar-refractivity contribution in [3.8, 4) is 0 Å². The second-order valence-electron chi connectivity index (χ2n) is 22.9. The van der Waals surface area contributed by atoms with Crippen molar-refractivity contribution < 1.29 is 64.6 Å². The van der Waals surface area contributed by atoms with E-state index in [4.69, 9.17) is 18.9 Å². The van der Waals surface area contributed by atoms with Gasteiger partial charge in [0.15, 0.2) is 12.6 Å². The lowest BCUT2D eigenvalue weighted by Gasteiger charge is -2.46. The smallest absolute Gasteiger partial charge is 0.220 e. The standard InChI is InChI=1S/C70H119NO13/c1-3-5-7-9-11-13-15-17-19-21-23-25-27-28-29-30-32-33-35-37-39-41-43-45-47-49-51-53-59(74)58(57-81-69-67(80)65(78)68(61(56-73)83-69)84-70-66(79)64(77)63(76)60(55-72)82-70)71-62(75)54-52-50-48-46-44-42-40-38-36-34-31-26-24-22-20-18-16-14-12-10-8-6-4-2/h6,8,12,14,18,20,24,26,34,36,40,42-43,45-46,48,51,53,58-61,63-70,72-74,76-80H,3-5,7,9-11,13,15-17,19,21-23,25,27-33,35,37-39,41,44,47,49-50,52,54-57H2,1-2H3,(H,71,75)/b8-6-,14-12-,20-18-,26-24-,36-34-,42-40-,45-43+,48-46-,53-51+. The normalized spacial score (nSPS) is 24.4. The Balaban J connectivity index is 1.77. The van der Waals surface area contributed by atoms with Crippen LogP contribution in [0.1, 0.15) is 232 Å². The van der Waals surface area contributed by atoms with Crippen LogP contribution in [0.2, 0.25) is 0 Å². The summed E-state index contributed by atoms with van der Waals surface area (Å²) in [6.45, 7) is 2.64. The number of carbonyl (C=O) groups excluding carboxylic acids is 1. The van der Waals surface area contributed by atoms with Crippen molar-refractivity contribution in [1.29, 1.82) is 0 Å². The van der Waals surface area contributed by atoms with Crippen LogP contribution >= 0.6 is 0 Å². The van der Waals surface area contributed by atoms with Gasteiger partial charge < -0.3 is 65.1 Å². The number of aliphatic hydroxyl groups excluding tert-OH is 8. The van der Waals surface area contributed by atoms with Gasteiger partial charge in [0.25, 0.3) is 0 Å². The van der Waals surface area contributed by atoms with Crippen LogP contribution < -0.4 is 5.32 Å². The van der Waals surface area contributed by atoms with Gasteiger partial charge in [0, 0.05) is 6.42 Å². The van der Waals surface area contributed by atoms with Gasteiger partial charge >= 0.3 is 0 Å². The molecule has 2 heterocycles. The highest BCUT2D eigenvalue weighted by Crippen LogP contribution is 2.30. The van der Waals surface area contributed by atoms with Crippen LogP contribution in [0.3, 0.4) is 0 Å². The van der Waals surface area contributed by atoms with E-state index in [0.29, 0.717) is 19.3 Å². The van der Waals surface area contributed by atoms with Gasteiger partial charge in [-0.3, -0.25) is 4.79 Å². The van der Waals surface area contributed by atoms with Crippen LogP contribution in [0.5, 0.6) is 0 Å². The molecule has 482 valence electrons. The number of rotatable bonds is 52. The lowest BCUT2D eigenvalue weighted by atomic mass is 9.97. The number of nitrogens with one attached hydrogen (secondary N) is 1. The summed E-state index contributed by atoms with van der Waals surface area (Å²) in [6.07, 6.45) is 60.0. The van der Waals surface area contributed by atoms with Crippen molar-refractivity contribution in [2.75, 3.05) is 19.8 Å². The number of amides is 1. The fourth-order valence-electron chi connectivity index (χ4n) is 10.2. The highest BCUT2D eigenvalue weighted by Gasteiger charge is 2.51. The summed E-state index contributed by atoms with van der Waals surface area (Å²) in [7, 11) is 0. The zero-order chi connectivity index (χ0) is 60.9. The molecular formula is C70H119NO13. The van der Waals surface area contributed by atoms with E-state index in [0.717, 1.165) is 57.8 Å². The van der Waals surface area contributed by atoms with E-state index in [1.807, 2.05) is 12.2 Å². The summed E-state index contributed by atoms with van der Waals surface area (Å²) in [5.74, 6) is -0.309. The minimum atomic E-state index is -1.80. The molecule has 0 aliphatic carbocycles. The van der Waals surface area contributed by atoms with Gasteiger partial charge in [-0.2, -0.15) is 0 Å². The molecule has 1 amide bonds.